The average Bonchev–Trinajstić information content (AvgIpc) is 2.67. The quantitative estimate of drug-likeness (QED) is 0.846. The standard InChI is InChI=1S/C10H8BrFN2O2/c1-4-2-5(6-3-7(13)16-14-6)9(12)10(15)8(4)11/h2-3,15H,13H2,1H3. The number of anilines is 1. The van der Waals surface area contributed by atoms with E-state index >= 15 is 0 Å². The van der Waals surface area contributed by atoms with E-state index in [2.05, 4.69) is 25.6 Å². The third-order valence-electron chi connectivity index (χ3n) is 2.16. The van der Waals surface area contributed by atoms with Crippen molar-refractivity contribution < 1.29 is 14.0 Å². The number of phenols is 1. The van der Waals surface area contributed by atoms with Gasteiger partial charge in [0.2, 0.25) is 5.88 Å². The molecular weight excluding hydrogens is 279 g/mol. The van der Waals surface area contributed by atoms with Crippen LogP contribution in [0, 0.1) is 12.7 Å². The first-order valence-electron chi connectivity index (χ1n) is 4.41. The van der Waals surface area contributed by atoms with Gasteiger partial charge in [-0.15, -0.1) is 0 Å². The predicted octanol–water partition coefficient (Wildman–Crippen LogP) is 2.84. The van der Waals surface area contributed by atoms with E-state index < -0.39 is 11.6 Å². The fourth-order valence-electron chi connectivity index (χ4n) is 1.36. The summed E-state index contributed by atoms with van der Waals surface area (Å²) in [6, 6.07) is 2.95. The smallest absolute Gasteiger partial charge is 0.222 e. The number of nitrogens with two attached hydrogens (primary N) is 1. The largest absolute Gasteiger partial charge is 0.504 e. The zero-order valence-electron chi connectivity index (χ0n) is 8.29. The topological polar surface area (TPSA) is 72.3 Å². The zero-order chi connectivity index (χ0) is 11.9. The molecule has 0 unspecified atom stereocenters. The summed E-state index contributed by atoms with van der Waals surface area (Å²) >= 11 is 3.08. The van der Waals surface area contributed by atoms with Gasteiger partial charge in [-0.25, -0.2) is 4.39 Å². The molecule has 3 N–H and O–H groups in total. The SMILES string of the molecule is Cc1cc(-c2cc(N)on2)c(F)c(O)c1Br. The fraction of sp³-hybridized carbons (Fsp3) is 0.100. The highest BCUT2D eigenvalue weighted by molar-refractivity contribution is 9.10. The van der Waals surface area contributed by atoms with E-state index in [-0.39, 0.29) is 17.1 Å². The van der Waals surface area contributed by atoms with Crippen molar-refractivity contribution in [1.82, 2.24) is 5.16 Å². The molecule has 0 aliphatic heterocycles. The number of hydrogen-bond acceptors (Lipinski definition) is 4. The van der Waals surface area contributed by atoms with Gasteiger partial charge in [0.15, 0.2) is 11.6 Å². The number of aromatic nitrogens is 1. The summed E-state index contributed by atoms with van der Waals surface area (Å²) in [5.74, 6) is -1.11. The van der Waals surface area contributed by atoms with Crippen molar-refractivity contribution in [3.63, 3.8) is 0 Å². The van der Waals surface area contributed by atoms with Crippen molar-refractivity contribution in [2.24, 2.45) is 0 Å². The molecule has 4 nitrogen and oxygen atoms in total. The van der Waals surface area contributed by atoms with Gasteiger partial charge in [0.05, 0.1) is 4.47 Å². The van der Waals surface area contributed by atoms with Gasteiger partial charge in [0.25, 0.3) is 0 Å². The Labute approximate surface area is 99.0 Å². The molecule has 1 aromatic heterocycles. The maximum absolute atomic E-state index is 13.7. The van der Waals surface area contributed by atoms with Crippen LogP contribution >= 0.6 is 15.9 Å². The number of aromatic hydroxyl groups is 1. The van der Waals surface area contributed by atoms with Gasteiger partial charge in [-0.3, -0.25) is 0 Å². The first kappa shape index (κ1) is 10.9. The van der Waals surface area contributed by atoms with Gasteiger partial charge in [-0.05, 0) is 34.5 Å². The van der Waals surface area contributed by atoms with E-state index in [0.29, 0.717) is 10.0 Å². The molecule has 0 saturated heterocycles. The van der Waals surface area contributed by atoms with Crippen LogP contribution in [0.2, 0.25) is 0 Å². The van der Waals surface area contributed by atoms with Crippen LogP contribution in [0.15, 0.2) is 21.1 Å². The van der Waals surface area contributed by atoms with Gasteiger partial charge in [-0.2, -0.15) is 0 Å². The molecule has 0 spiro atoms. The van der Waals surface area contributed by atoms with Crippen LogP contribution < -0.4 is 5.73 Å². The number of phenolic OH excluding ortho intramolecular Hbond substituents is 1. The average molecular weight is 287 g/mol. The molecule has 2 rings (SSSR count). The predicted molar refractivity (Wildman–Crippen MR) is 60.4 cm³/mol. The summed E-state index contributed by atoms with van der Waals surface area (Å²) in [6.07, 6.45) is 0. The summed E-state index contributed by atoms with van der Waals surface area (Å²) in [5, 5.41) is 13.1. The molecule has 6 heteroatoms. The van der Waals surface area contributed by atoms with Crippen LogP contribution in [0.5, 0.6) is 5.75 Å². The molecule has 0 amide bonds. The highest BCUT2D eigenvalue weighted by Gasteiger charge is 2.17. The Morgan fingerprint density at radius 3 is 2.75 bits per heavy atom. The molecule has 0 bridgehead atoms. The first-order valence-corrected chi connectivity index (χ1v) is 5.20. The fourth-order valence-corrected chi connectivity index (χ4v) is 1.65. The van der Waals surface area contributed by atoms with Crippen molar-refractivity contribution in [3.05, 3.63) is 28.0 Å². The lowest BCUT2D eigenvalue weighted by atomic mass is 10.1. The van der Waals surface area contributed by atoms with Crippen LogP contribution in [0.25, 0.3) is 11.3 Å². The summed E-state index contributed by atoms with van der Waals surface area (Å²) in [6.45, 7) is 1.73. The lowest BCUT2D eigenvalue weighted by Gasteiger charge is -2.06. The van der Waals surface area contributed by atoms with Crippen molar-refractivity contribution in [3.8, 4) is 17.0 Å². The van der Waals surface area contributed by atoms with Gasteiger partial charge >= 0.3 is 0 Å². The second-order valence-corrected chi connectivity index (χ2v) is 4.13. The van der Waals surface area contributed by atoms with Crippen LogP contribution in [0.4, 0.5) is 10.3 Å². The van der Waals surface area contributed by atoms with Crippen molar-refractivity contribution in [2.75, 3.05) is 5.73 Å². The highest BCUT2D eigenvalue weighted by Crippen LogP contribution is 2.36. The Morgan fingerprint density at radius 2 is 2.19 bits per heavy atom. The van der Waals surface area contributed by atoms with E-state index in [0.717, 1.165) is 0 Å². The summed E-state index contributed by atoms with van der Waals surface area (Å²) < 4.78 is 18.7. The van der Waals surface area contributed by atoms with Crippen LogP contribution in [0.3, 0.4) is 0 Å². The van der Waals surface area contributed by atoms with Gasteiger partial charge in [-0.1, -0.05) is 5.16 Å². The minimum Gasteiger partial charge on any atom is -0.504 e. The van der Waals surface area contributed by atoms with E-state index in [4.69, 9.17) is 5.73 Å². The van der Waals surface area contributed by atoms with Gasteiger partial charge < -0.3 is 15.4 Å². The number of halogens is 2. The molecule has 16 heavy (non-hydrogen) atoms. The molecule has 84 valence electrons. The van der Waals surface area contributed by atoms with Crippen LogP contribution in [0.1, 0.15) is 5.56 Å². The van der Waals surface area contributed by atoms with E-state index in [9.17, 15) is 9.50 Å². The molecule has 1 heterocycles. The third kappa shape index (κ3) is 1.65. The second-order valence-electron chi connectivity index (χ2n) is 3.33. The minimum atomic E-state index is -0.759. The Kier molecular flexibility index (Phi) is 2.59. The maximum Gasteiger partial charge on any atom is 0.222 e. The Bertz CT molecular complexity index is 554. The summed E-state index contributed by atoms with van der Waals surface area (Å²) in [4.78, 5) is 0. The normalized spacial score (nSPS) is 10.7. The molecule has 0 saturated carbocycles. The summed E-state index contributed by atoms with van der Waals surface area (Å²) in [5.41, 5.74) is 6.44. The van der Waals surface area contributed by atoms with Crippen LogP contribution in [-0.2, 0) is 0 Å². The number of nitrogens with zero attached hydrogens (tertiary/aromatic N) is 1. The van der Waals surface area contributed by atoms with Gasteiger partial charge in [0.1, 0.15) is 5.69 Å². The number of aryl methyl sites for hydroxylation is 1. The van der Waals surface area contributed by atoms with Crippen molar-refractivity contribution >= 4 is 21.8 Å². The molecule has 0 fully saturated rings. The minimum absolute atomic E-state index is 0.0921. The third-order valence-corrected chi connectivity index (χ3v) is 3.16. The maximum atomic E-state index is 13.7. The van der Waals surface area contributed by atoms with Gasteiger partial charge in [0, 0.05) is 11.6 Å². The molecule has 0 aliphatic carbocycles. The number of rotatable bonds is 1. The molecule has 0 radical (unpaired) electrons. The molecule has 0 aliphatic rings. The number of hydrogen-bond donors (Lipinski definition) is 2. The number of nitrogen functional groups attached to an aromatic ring is 1. The lowest BCUT2D eigenvalue weighted by molar-refractivity contribution is 0.426. The highest BCUT2D eigenvalue weighted by atomic mass is 79.9. The molecule has 1 aromatic carbocycles. The van der Waals surface area contributed by atoms with Crippen molar-refractivity contribution in [1.29, 1.82) is 0 Å². The van der Waals surface area contributed by atoms with E-state index in [1.54, 1.807) is 13.0 Å². The van der Waals surface area contributed by atoms with E-state index in [1.807, 2.05) is 0 Å². The van der Waals surface area contributed by atoms with Crippen LogP contribution in [-0.4, -0.2) is 10.3 Å². The molecular formula is C10H8BrFN2O2. The number of benzene rings is 1. The molecule has 0 atom stereocenters. The van der Waals surface area contributed by atoms with Crippen molar-refractivity contribution in [2.45, 2.75) is 6.92 Å². The first-order chi connectivity index (χ1) is 7.50. The zero-order valence-corrected chi connectivity index (χ0v) is 9.88. The Hall–Kier alpha value is -1.56. The molecule has 2 aromatic rings. The lowest BCUT2D eigenvalue weighted by Crippen LogP contribution is -1.89. The van der Waals surface area contributed by atoms with E-state index in [1.165, 1.54) is 6.07 Å². The Morgan fingerprint density at radius 1 is 1.50 bits per heavy atom. The Balaban J connectivity index is 2.66. The monoisotopic (exact) mass is 286 g/mol. The summed E-state index contributed by atoms with van der Waals surface area (Å²) in [7, 11) is 0. The second kappa shape index (κ2) is 3.79.